The Hall–Kier alpha value is -2.36. The Kier molecular flexibility index (Phi) is 3.37. The summed E-state index contributed by atoms with van der Waals surface area (Å²) in [7, 11) is 3.90. The number of aryl methyl sites for hydroxylation is 1. The highest BCUT2D eigenvalue weighted by Crippen LogP contribution is 2.33. The quantitative estimate of drug-likeness (QED) is 0.793. The average Bonchev–Trinajstić information content (AvgIpc) is 2.87. The van der Waals surface area contributed by atoms with Gasteiger partial charge in [0.2, 0.25) is 0 Å². The predicted molar refractivity (Wildman–Crippen MR) is 87.6 cm³/mol. The van der Waals surface area contributed by atoms with E-state index in [9.17, 15) is 0 Å². The Balaban J connectivity index is 2.34. The van der Waals surface area contributed by atoms with Crippen LogP contribution in [-0.4, -0.2) is 21.6 Å². The first-order valence-electron chi connectivity index (χ1n) is 7.21. The van der Waals surface area contributed by atoms with Gasteiger partial charge in [0.1, 0.15) is 17.0 Å². The van der Waals surface area contributed by atoms with Crippen LogP contribution in [0, 0.1) is 0 Å². The molecule has 4 heteroatoms. The van der Waals surface area contributed by atoms with Crippen molar-refractivity contribution in [2.24, 2.45) is 7.05 Å². The molecule has 0 spiro atoms. The molecule has 0 saturated heterocycles. The van der Waals surface area contributed by atoms with Gasteiger partial charge in [0.05, 0.1) is 11.8 Å². The Morgan fingerprint density at radius 1 is 1.19 bits per heavy atom. The van der Waals surface area contributed by atoms with Gasteiger partial charge in [0, 0.05) is 25.7 Å². The van der Waals surface area contributed by atoms with Gasteiger partial charge in [-0.05, 0) is 11.5 Å². The molecule has 4 nitrogen and oxygen atoms in total. The molecule has 3 aromatic rings. The third-order valence-corrected chi connectivity index (χ3v) is 3.81. The van der Waals surface area contributed by atoms with Crippen molar-refractivity contribution in [3.63, 3.8) is 0 Å². The SMILES string of the molecule is CNc1cc2c(ncn2C)c(-c2ccccc2C(C)C)n1. The summed E-state index contributed by atoms with van der Waals surface area (Å²) >= 11 is 0. The van der Waals surface area contributed by atoms with E-state index in [0.717, 1.165) is 28.1 Å². The van der Waals surface area contributed by atoms with Crippen LogP contribution in [0.15, 0.2) is 36.7 Å². The van der Waals surface area contributed by atoms with Crippen LogP contribution < -0.4 is 5.32 Å². The Morgan fingerprint density at radius 3 is 2.67 bits per heavy atom. The maximum Gasteiger partial charge on any atom is 0.128 e. The molecule has 0 aliphatic rings. The fraction of sp³-hybridized carbons (Fsp3) is 0.294. The van der Waals surface area contributed by atoms with E-state index in [1.165, 1.54) is 5.56 Å². The zero-order valence-corrected chi connectivity index (χ0v) is 12.9. The lowest BCUT2D eigenvalue weighted by molar-refractivity contribution is 0.868. The summed E-state index contributed by atoms with van der Waals surface area (Å²) < 4.78 is 2.03. The molecule has 1 aromatic carbocycles. The number of benzene rings is 1. The van der Waals surface area contributed by atoms with Crippen LogP contribution in [0.2, 0.25) is 0 Å². The van der Waals surface area contributed by atoms with Crippen molar-refractivity contribution in [2.45, 2.75) is 19.8 Å². The highest BCUT2D eigenvalue weighted by Gasteiger charge is 2.15. The second-order valence-electron chi connectivity index (χ2n) is 5.57. The number of rotatable bonds is 3. The molecule has 0 unspecified atom stereocenters. The first-order valence-corrected chi connectivity index (χ1v) is 7.21. The second-order valence-corrected chi connectivity index (χ2v) is 5.57. The van der Waals surface area contributed by atoms with E-state index in [0.29, 0.717) is 5.92 Å². The Labute approximate surface area is 124 Å². The molecule has 0 fully saturated rings. The molecule has 0 aliphatic heterocycles. The molecule has 0 atom stereocenters. The molecule has 2 heterocycles. The zero-order chi connectivity index (χ0) is 15.0. The van der Waals surface area contributed by atoms with Gasteiger partial charge >= 0.3 is 0 Å². The van der Waals surface area contributed by atoms with E-state index in [1.807, 2.05) is 31.1 Å². The molecule has 1 N–H and O–H groups in total. The van der Waals surface area contributed by atoms with Gasteiger partial charge in [-0.15, -0.1) is 0 Å². The highest BCUT2D eigenvalue weighted by atomic mass is 15.0. The van der Waals surface area contributed by atoms with Crippen LogP contribution in [0.4, 0.5) is 5.82 Å². The summed E-state index contributed by atoms with van der Waals surface area (Å²) in [6, 6.07) is 10.5. The summed E-state index contributed by atoms with van der Waals surface area (Å²) in [6.45, 7) is 4.41. The van der Waals surface area contributed by atoms with E-state index in [2.05, 4.69) is 48.4 Å². The van der Waals surface area contributed by atoms with Gasteiger partial charge in [0.25, 0.3) is 0 Å². The minimum absolute atomic E-state index is 0.444. The number of pyridine rings is 1. The number of imidazole rings is 1. The lowest BCUT2D eigenvalue weighted by Crippen LogP contribution is -1.99. The second kappa shape index (κ2) is 5.20. The van der Waals surface area contributed by atoms with E-state index in [-0.39, 0.29) is 0 Å². The lowest BCUT2D eigenvalue weighted by Gasteiger charge is -2.13. The number of aromatic nitrogens is 3. The van der Waals surface area contributed by atoms with E-state index in [1.54, 1.807) is 0 Å². The van der Waals surface area contributed by atoms with Crippen LogP contribution in [0.3, 0.4) is 0 Å². The molecule has 0 aliphatic carbocycles. The summed E-state index contributed by atoms with van der Waals surface area (Å²) in [5, 5.41) is 3.14. The zero-order valence-electron chi connectivity index (χ0n) is 12.9. The smallest absolute Gasteiger partial charge is 0.128 e. The van der Waals surface area contributed by atoms with Crippen molar-refractivity contribution in [3.05, 3.63) is 42.2 Å². The first kappa shape index (κ1) is 13.6. The van der Waals surface area contributed by atoms with Crippen LogP contribution in [0.5, 0.6) is 0 Å². The number of anilines is 1. The van der Waals surface area contributed by atoms with Crippen LogP contribution in [0.25, 0.3) is 22.3 Å². The van der Waals surface area contributed by atoms with Crippen molar-refractivity contribution in [1.82, 2.24) is 14.5 Å². The summed E-state index contributed by atoms with van der Waals surface area (Å²) in [4.78, 5) is 9.30. The molecule has 108 valence electrons. The molecule has 3 rings (SSSR count). The Morgan fingerprint density at radius 2 is 1.95 bits per heavy atom. The maximum atomic E-state index is 4.76. The summed E-state index contributed by atoms with van der Waals surface area (Å²) in [5.74, 6) is 1.31. The van der Waals surface area contributed by atoms with E-state index in [4.69, 9.17) is 4.98 Å². The predicted octanol–water partition coefficient (Wildman–Crippen LogP) is 3.80. The number of fused-ring (bicyclic) bond motifs is 1. The minimum Gasteiger partial charge on any atom is -0.373 e. The number of hydrogen-bond acceptors (Lipinski definition) is 3. The van der Waals surface area contributed by atoms with Crippen LogP contribution in [0.1, 0.15) is 25.3 Å². The monoisotopic (exact) mass is 280 g/mol. The Bertz CT molecular complexity index is 787. The van der Waals surface area contributed by atoms with Gasteiger partial charge in [0.15, 0.2) is 0 Å². The number of nitrogens with zero attached hydrogens (tertiary/aromatic N) is 3. The van der Waals surface area contributed by atoms with Crippen molar-refractivity contribution < 1.29 is 0 Å². The average molecular weight is 280 g/mol. The topological polar surface area (TPSA) is 42.7 Å². The summed E-state index contributed by atoms with van der Waals surface area (Å²) in [5.41, 5.74) is 5.44. The molecular formula is C17H20N4. The largest absolute Gasteiger partial charge is 0.373 e. The standard InChI is InChI=1S/C17H20N4/c1-11(2)12-7-5-6-8-13(12)16-17-14(21(4)10-19-17)9-15(18-3)20-16/h5-11H,1-4H3,(H,18,20). The van der Waals surface area contributed by atoms with Gasteiger partial charge in [-0.1, -0.05) is 38.1 Å². The van der Waals surface area contributed by atoms with Gasteiger partial charge in [-0.3, -0.25) is 0 Å². The normalized spacial score (nSPS) is 11.3. The minimum atomic E-state index is 0.444. The van der Waals surface area contributed by atoms with Crippen LogP contribution in [-0.2, 0) is 7.05 Å². The lowest BCUT2D eigenvalue weighted by atomic mass is 9.94. The van der Waals surface area contributed by atoms with Crippen molar-refractivity contribution in [3.8, 4) is 11.3 Å². The third-order valence-electron chi connectivity index (χ3n) is 3.81. The molecule has 21 heavy (non-hydrogen) atoms. The van der Waals surface area contributed by atoms with E-state index >= 15 is 0 Å². The summed E-state index contributed by atoms with van der Waals surface area (Å²) in [6.07, 6.45) is 1.84. The maximum absolute atomic E-state index is 4.76. The molecule has 0 amide bonds. The van der Waals surface area contributed by atoms with Gasteiger partial charge in [-0.25, -0.2) is 9.97 Å². The first-order chi connectivity index (χ1) is 10.1. The fourth-order valence-corrected chi connectivity index (χ4v) is 2.66. The van der Waals surface area contributed by atoms with Crippen LogP contribution >= 0.6 is 0 Å². The molecule has 0 radical (unpaired) electrons. The van der Waals surface area contributed by atoms with Crippen molar-refractivity contribution >= 4 is 16.9 Å². The fourth-order valence-electron chi connectivity index (χ4n) is 2.66. The third kappa shape index (κ3) is 2.27. The highest BCUT2D eigenvalue weighted by molar-refractivity contribution is 5.92. The molecule has 0 saturated carbocycles. The van der Waals surface area contributed by atoms with Crippen molar-refractivity contribution in [2.75, 3.05) is 12.4 Å². The number of hydrogen-bond donors (Lipinski definition) is 1. The molecule has 2 aromatic heterocycles. The molecular weight excluding hydrogens is 260 g/mol. The number of nitrogens with one attached hydrogen (secondary N) is 1. The van der Waals surface area contributed by atoms with E-state index < -0.39 is 0 Å². The van der Waals surface area contributed by atoms with Crippen molar-refractivity contribution in [1.29, 1.82) is 0 Å². The molecule has 0 bridgehead atoms. The van der Waals surface area contributed by atoms with Gasteiger partial charge < -0.3 is 9.88 Å². The van der Waals surface area contributed by atoms with Gasteiger partial charge in [-0.2, -0.15) is 0 Å².